The van der Waals surface area contributed by atoms with Gasteiger partial charge in [-0.05, 0) is 37.6 Å². The van der Waals surface area contributed by atoms with Gasteiger partial charge >= 0.3 is 0 Å². The molecule has 0 spiro atoms. The number of aromatic nitrogens is 3. The highest BCUT2D eigenvalue weighted by atomic mass is 16.5. The Morgan fingerprint density at radius 2 is 2.12 bits per heavy atom. The van der Waals surface area contributed by atoms with E-state index >= 15 is 0 Å². The first-order chi connectivity index (χ1) is 11.5. The Balaban J connectivity index is 1.69. The van der Waals surface area contributed by atoms with Crippen LogP contribution >= 0.6 is 0 Å². The topological polar surface area (TPSA) is 64.2 Å². The minimum atomic E-state index is 0.0360. The zero-order chi connectivity index (χ0) is 17.1. The summed E-state index contributed by atoms with van der Waals surface area (Å²) in [5, 5.41) is 8.13. The molecular weight excluding hydrogens is 304 g/mol. The lowest BCUT2D eigenvalue weighted by Gasteiger charge is -2.18. The largest absolute Gasteiger partial charge is 0.361 e. The van der Waals surface area contributed by atoms with Crippen LogP contribution in [0.3, 0.4) is 0 Å². The molecule has 0 atom stereocenters. The molecule has 6 nitrogen and oxygen atoms in total. The van der Waals surface area contributed by atoms with Crippen LogP contribution in [0.4, 0.5) is 0 Å². The number of amides is 1. The monoisotopic (exact) mass is 324 g/mol. The third-order valence-corrected chi connectivity index (χ3v) is 4.03. The minimum absolute atomic E-state index is 0.0360. The van der Waals surface area contributed by atoms with Crippen molar-refractivity contribution in [2.24, 2.45) is 0 Å². The van der Waals surface area contributed by atoms with Crippen molar-refractivity contribution in [1.29, 1.82) is 0 Å². The molecule has 2 heterocycles. The van der Waals surface area contributed by atoms with Gasteiger partial charge in [0.25, 0.3) is 0 Å². The van der Waals surface area contributed by atoms with Gasteiger partial charge in [-0.25, -0.2) is 4.68 Å². The maximum atomic E-state index is 12.5. The number of likely N-dealkylation sites (N-methyl/N-ethyl adjacent to an activating group) is 1. The van der Waals surface area contributed by atoms with Crippen molar-refractivity contribution in [3.8, 4) is 5.69 Å². The molecule has 0 aliphatic carbocycles. The van der Waals surface area contributed by atoms with Crippen molar-refractivity contribution in [3.63, 3.8) is 0 Å². The number of benzene rings is 1. The van der Waals surface area contributed by atoms with Crippen molar-refractivity contribution in [3.05, 3.63) is 65.3 Å². The maximum absolute atomic E-state index is 12.5. The number of hydrogen-bond donors (Lipinski definition) is 0. The van der Waals surface area contributed by atoms with Crippen LogP contribution in [0.25, 0.3) is 5.69 Å². The highest BCUT2D eigenvalue weighted by molar-refractivity contribution is 5.79. The fraction of sp³-hybridized carbons (Fsp3) is 0.278. The molecule has 0 aliphatic rings. The van der Waals surface area contributed by atoms with Crippen LogP contribution in [-0.2, 0) is 17.8 Å². The van der Waals surface area contributed by atoms with Crippen molar-refractivity contribution in [1.82, 2.24) is 19.8 Å². The van der Waals surface area contributed by atoms with Gasteiger partial charge in [-0.3, -0.25) is 4.79 Å². The first-order valence-electron chi connectivity index (χ1n) is 7.79. The lowest BCUT2D eigenvalue weighted by Crippen LogP contribution is -2.28. The molecule has 0 unspecified atom stereocenters. The Morgan fingerprint density at radius 1 is 1.29 bits per heavy atom. The van der Waals surface area contributed by atoms with Gasteiger partial charge in [-0.1, -0.05) is 17.3 Å². The summed E-state index contributed by atoms with van der Waals surface area (Å²) >= 11 is 0. The zero-order valence-electron chi connectivity index (χ0n) is 14.1. The molecule has 0 bridgehead atoms. The van der Waals surface area contributed by atoms with E-state index in [4.69, 9.17) is 4.52 Å². The SMILES string of the molecule is Cc1noc(C)c1CC(=O)N(C)Cc1cccc(-n2cccn2)c1. The van der Waals surface area contributed by atoms with Crippen LogP contribution in [0, 0.1) is 13.8 Å². The zero-order valence-corrected chi connectivity index (χ0v) is 14.1. The predicted octanol–water partition coefficient (Wildman–Crippen LogP) is 2.68. The van der Waals surface area contributed by atoms with Gasteiger partial charge < -0.3 is 9.42 Å². The Kier molecular flexibility index (Phi) is 4.46. The van der Waals surface area contributed by atoms with Gasteiger partial charge in [0.15, 0.2) is 0 Å². The van der Waals surface area contributed by atoms with Crippen molar-refractivity contribution >= 4 is 5.91 Å². The van der Waals surface area contributed by atoms with E-state index in [9.17, 15) is 4.79 Å². The third kappa shape index (κ3) is 3.37. The molecule has 2 aromatic heterocycles. The highest BCUT2D eigenvalue weighted by Gasteiger charge is 2.16. The fourth-order valence-electron chi connectivity index (χ4n) is 2.62. The maximum Gasteiger partial charge on any atom is 0.227 e. The second kappa shape index (κ2) is 6.70. The first-order valence-corrected chi connectivity index (χ1v) is 7.79. The molecule has 3 rings (SSSR count). The number of rotatable bonds is 5. The van der Waals surface area contributed by atoms with E-state index in [-0.39, 0.29) is 5.91 Å². The molecular formula is C18H20N4O2. The Hall–Kier alpha value is -2.89. The van der Waals surface area contributed by atoms with E-state index in [1.807, 2.05) is 50.4 Å². The molecule has 0 aliphatic heterocycles. The van der Waals surface area contributed by atoms with E-state index in [1.54, 1.807) is 22.8 Å². The quantitative estimate of drug-likeness (QED) is 0.724. The number of aryl methyl sites for hydroxylation is 2. The second-order valence-electron chi connectivity index (χ2n) is 5.85. The molecule has 24 heavy (non-hydrogen) atoms. The summed E-state index contributed by atoms with van der Waals surface area (Å²) in [6.45, 7) is 4.22. The van der Waals surface area contributed by atoms with Crippen LogP contribution in [-0.4, -0.2) is 32.8 Å². The predicted molar refractivity (Wildman–Crippen MR) is 89.7 cm³/mol. The van der Waals surface area contributed by atoms with E-state index in [0.29, 0.717) is 18.7 Å². The Morgan fingerprint density at radius 3 is 2.79 bits per heavy atom. The van der Waals surface area contributed by atoms with Gasteiger partial charge in [0.2, 0.25) is 5.91 Å². The third-order valence-electron chi connectivity index (χ3n) is 4.03. The van der Waals surface area contributed by atoms with Crippen molar-refractivity contribution in [2.75, 3.05) is 7.05 Å². The molecule has 3 aromatic rings. The average Bonchev–Trinajstić information content (AvgIpc) is 3.21. The Labute approximate surface area is 140 Å². The van der Waals surface area contributed by atoms with Crippen LogP contribution in [0.5, 0.6) is 0 Å². The molecule has 0 saturated carbocycles. The van der Waals surface area contributed by atoms with Gasteiger partial charge in [-0.15, -0.1) is 0 Å². The molecule has 0 radical (unpaired) electrons. The fourth-order valence-corrected chi connectivity index (χ4v) is 2.62. The number of hydrogen-bond acceptors (Lipinski definition) is 4. The van der Waals surface area contributed by atoms with E-state index in [0.717, 1.165) is 22.5 Å². The van der Waals surface area contributed by atoms with Gasteiger partial charge in [-0.2, -0.15) is 5.10 Å². The van der Waals surface area contributed by atoms with Gasteiger partial charge in [0, 0.05) is 31.5 Å². The van der Waals surface area contributed by atoms with Crippen LogP contribution in [0.1, 0.15) is 22.6 Å². The number of carbonyl (C=O) groups is 1. The van der Waals surface area contributed by atoms with Crippen molar-refractivity contribution in [2.45, 2.75) is 26.8 Å². The number of carbonyl (C=O) groups excluding carboxylic acids is 1. The van der Waals surface area contributed by atoms with Gasteiger partial charge in [0.05, 0.1) is 17.8 Å². The average molecular weight is 324 g/mol. The summed E-state index contributed by atoms with van der Waals surface area (Å²) in [7, 11) is 1.81. The summed E-state index contributed by atoms with van der Waals surface area (Å²) in [5.41, 5.74) is 3.67. The smallest absolute Gasteiger partial charge is 0.227 e. The van der Waals surface area contributed by atoms with E-state index in [1.165, 1.54) is 0 Å². The Bertz CT molecular complexity index is 817. The summed E-state index contributed by atoms with van der Waals surface area (Å²) in [6, 6.07) is 9.88. The lowest BCUT2D eigenvalue weighted by atomic mass is 10.1. The normalized spacial score (nSPS) is 10.8. The number of nitrogens with zero attached hydrogens (tertiary/aromatic N) is 4. The minimum Gasteiger partial charge on any atom is -0.361 e. The molecule has 124 valence electrons. The van der Waals surface area contributed by atoms with E-state index < -0.39 is 0 Å². The standard InChI is InChI=1S/C18H20N4O2/c1-13-17(14(2)24-20-13)11-18(23)21(3)12-15-6-4-7-16(10-15)22-9-5-8-19-22/h4-10H,11-12H2,1-3H3. The first kappa shape index (κ1) is 16.0. The molecule has 0 fully saturated rings. The lowest BCUT2D eigenvalue weighted by molar-refractivity contribution is -0.129. The molecule has 0 saturated heterocycles. The molecule has 1 amide bonds. The summed E-state index contributed by atoms with van der Waals surface area (Å²) in [4.78, 5) is 14.2. The highest BCUT2D eigenvalue weighted by Crippen LogP contribution is 2.15. The summed E-state index contributed by atoms with van der Waals surface area (Å²) in [6.07, 6.45) is 3.94. The summed E-state index contributed by atoms with van der Waals surface area (Å²) in [5.74, 6) is 0.740. The molecule has 6 heteroatoms. The van der Waals surface area contributed by atoms with Gasteiger partial charge in [0.1, 0.15) is 5.76 Å². The van der Waals surface area contributed by atoms with E-state index in [2.05, 4.69) is 10.3 Å². The van der Waals surface area contributed by atoms with Crippen LogP contribution in [0.2, 0.25) is 0 Å². The second-order valence-corrected chi connectivity index (χ2v) is 5.85. The molecule has 0 N–H and O–H groups in total. The summed E-state index contributed by atoms with van der Waals surface area (Å²) < 4.78 is 6.92. The molecule has 1 aromatic carbocycles. The van der Waals surface area contributed by atoms with Crippen molar-refractivity contribution < 1.29 is 9.32 Å². The van der Waals surface area contributed by atoms with Crippen LogP contribution in [0.15, 0.2) is 47.2 Å². The van der Waals surface area contributed by atoms with Crippen LogP contribution < -0.4 is 0 Å².